The fourth-order valence-corrected chi connectivity index (χ4v) is 1.74. The zero-order chi connectivity index (χ0) is 11.5. The molecule has 0 spiro atoms. The van der Waals surface area contributed by atoms with E-state index in [4.69, 9.17) is 9.15 Å². The van der Waals surface area contributed by atoms with Crippen molar-refractivity contribution in [3.63, 3.8) is 0 Å². The van der Waals surface area contributed by atoms with E-state index < -0.39 is 0 Å². The van der Waals surface area contributed by atoms with Crippen molar-refractivity contribution in [1.29, 1.82) is 0 Å². The highest BCUT2D eigenvalue weighted by atomic mass is 16.5. The van der Waals surface area contributed by atoms with Gasteiger partial charge in [-0.2, -0.15) is 0 Å². The SMILES string of the molecule is CCc1cc(-c2ccco2)c(C)nc1OC. The summed E-state index contributed by atoms with van der Waals surface area (Å²) in [5.74, 6) is 1.55. The van der Waals surface area contributed by atoms with Gasteiger partial charge in [0.05, 0.1) is 19.1 Å². The first-order valence-electron chi connectivity index (χ1n) is 5.34. The average Bonchev–Trinajstić information content (AvgIpc) is 2.82. The lowest BCUT2D eigenvalue weighted by Gasteiger charge is -2.09. The van der Waals surface area contributed by atoms with Crippen LogP contribution in [0.15, 0.2) is 28.9 Å². The quantitative estimate of drug-likeness (QED) is 0.791. The van der Waals surface area contributed by atoms with Gasteiger partial charge in [0.25, 0.3) is 0 Å². The van der Waals surface area contributed by atoms with Gasteiger partial charge in [0.15, 0.2) is 0 Å². The van der Waals surface area contributed by atoms with Gasteiger partial charge in [-0.1, -0.05) is 6.92 Å². The van der Waals surface area contributed by atoms with Crippen molar-refractivity contribution < 1.29 is 9.15 Å². The van der Waals surface area contributed by atoms with E-state index in [2.05, 4.69) is 18.0 Å². The zero-order valence-corrected chi connectivity index (χ0v) is 9.78. The van der Waals surface area contributed by atoms with Gasteiger partial charge in [0, 0.05) is 11.1 Å². The van der Waals surface area contributed by atoms with E-state index in [1.807, 2.05) is 19.1 Å². The fraction of sp³-hybridized carbons (Fsp3) is 0.308. The number of furan rings is 1. The topological polar surface area (TPSA) is 35.3 Å². The summed E-state index contributed by atoms with van der Waals surface area (Å²) in [5, 5.41) is 0. The lowest BCUT2D eigenvalue weighted by Crippen LogP contribution is -1.98. The molecule has 0 aromatic carbocycles. The molecular weight excluding hydrogens is 202 g/mol. The number of aromatic nitrogens is 1. The summed E-state index contributed by atoms with van der Waals surface area (Å²) in [6.45, 7) is 4.04. The maximum atomic E-state index is 5.39. The number of nitrogens with zero attached hydrogens (tertiary/aromatic N) is 1. The molecule has 84 valence electrons. The molecule has 0 fully saturated rings. The third-order valence-electron chi connectivity index (χ3n) is 2.61. The Bertz CT molecular complexity index is 475. The molecule has 0 saturated carbocycles. The van der Waals surface area contributed by atoms with Crippen LogP contribution in [0.2, 0.25) is 0 Å². The second-order valence-corrected chi connectivity index (χ2v) is 3.62. The van der Waals surface area contributed by atoms with Crippen LogP contribution in [0.25, 0.3) is 11.3 Å². The number of hydrogen-bond acceptors (Lipinski definition) is 3. The van der Waals surface area contributed by atoms with E-state index in [-0.39, 0.29) is 0 Å². The number of aryl methyl sites for hydroxylation is 2. The predicted molar refractivity (Wildman–Crippen MR) is 62.6 cm³/mol. The Hall–Kier alpha value is -1.77. The van der Waals surface area contributed by atoms with Gasteiger partial charge in [-0.3, -0.25) is 0 Å². The van der Waals surface area contributed by atoms with E-state index in [0.29, 0.717) is 5.88 Å². The summed E-state index contributed by atoms with van der Waals surface area (Å²) in [6.07, 6.45) is 2.56. The lowest BCUT2D eigenvalue weighted by molar-refractivity contribution is 0.392. The summed E-state index contributed by atoms with van der Waals surface area (Å²) in [7, 11) is 1.65. The maximum absolute atomic E-state index is 5.39. The number of pyridine rings is 1. The standard InChI is InChI=1S/C13H15NO2/c1-4-10-8-11(12-6-5-7-16-12)9(2)14-13(10)15-3/h5-8H,4H2,1-3H3. The van der Waals surface area contributed by atoms with Crippen molar-refractivity contribution >= 4 is 0 Å². The molecule has 0 aliphatic heterocycles. The zero-order valence-electron chi connectivity index (χ0n) is 9.78. The predicted octanol–water partition coefficient (Wildman–Crippen LogP) is 3.22. The van der Waals surface area contributed by atoms with Crippen LogP contribution in [0.1, 0.15) is 18.2 Å². The van der Waals surface area contributed by atoms with Crippen LogP contribution in [0.3, 0.4) is 0 Å². The number of rotatable bonds is 3. The smallest absolute Gasteiger partial charge is 0.216 e. The molecule has 0 saturated heterocycles. The van der Waals surface area contributed by atoms with Gasteiger partial charge in [0.2, 0.25) is 5.88 Å². The first-order chi connectivity index (χ1) is 7.76. The summed E-state index contributed by atoms with van der Waals surface area (Å²) in [4.78, 5) is 4.44. The number of methoxy groups -OCH3 is 1. The van der Waals surface area contributed by atoms with Crippen molar-refractivity contribution in [1.82, 2.24) is 4.98 Å². The third-order valence-corrected chi connectivity index (χ3v) is 2.61. The third kappa shape index (κ3) is 1.81. The van der Waals surface area contributed by atoms with Crippen molar-refractivity contribution in [2.24, 2.45) is 0 Å². The van der Waals surface area contributed by atoms with Crippen molar-refractivity contribution in [2.75, 3.05) is 7.11 Å². The second kappa shape index (κ2) is 4.39. The van der Waals surface area contributed by atoms with E-state index in [0.717, 1.165) is 29.0 Å². The Morgan fingerprint density at radius 3 is 2.81 bits per heavy atom. The van der Waals surface area contributed by atoms with E-state index in [1.165, 1.54) is 0 Å². The van der Waals surface area contributed by atoms with Crippen LogP contribution < -0.4 is 4.74 Å². The molecule has 0 N–H and O–H groups in total. The number of ether oxygens (including phenoxy) is 1. The highest BCUT2D eigenvalue weighted by Gasteiger charge is 2.11. The lowest BCUT2D eigenvalue weighted by atomic mass is 10.1. The van der Waals surface area contributed by atoms with Gasteiger partial charge >= 0.3 is 0 Å². The molecule has 0 aliphatic carbocycles. The minimum Gasteiger partial charge on any atom is -0.481 e. The second-order valence-electron chi connectivity index (χ2n) is 3.62. The van der Waals surface area contributed by atoms with Crippen LogP contribution in [0, 0.1) is 6.92 Å². The summed E-state index contributed by atoms with van der Waals surface area (Å²) >= 11 is 0. The minimum atomic E-state index is 0.704. The fourth-order valence-electron chi connectivity index (χ4n) is 1.74. The van der Waals surface area contributed by atoms with Crippen LogP contribution in [0.4, 0.5) is 0 Å². The van der Waals surface area contributed by atoms with Gasteiger partial charge in [-0.05, 0) is 31.5 Å². The molecular formula is C13H15NO2. The highest BCUT2D eigenvalue weighted by Crippen LogP contribution is 2.28. The van der Waals surface area contributed by atoms with Gasteiger partial charge in [-0.25, -0.2) is 4.98 Å². The highest BCUT2D eigenvalue weighted by molar-refractivity contribution is 5.62. The minimum absolute atomic E-state index is 0.704. The summed E-state index contributed by atoms with van der Waals surface area (Å²) in [6, 6.07) is 5.90. The van der Waals surface area contributed by atoms with Crippen LogP contribution in [0.5, 0.6) is 5.88 Å². The molecule has 2 aromatic rings. The maximum Gasteiger partial charge on any atom is 0.216 e. The monoisotopic (exact) mass is 217 g/mol. The normalized spacial score (nSPS) is 10.4. The van der Waals surface area contributed by atoms with Crippen LogP contribution in [-0.2, 0) is 6.42 Å². The van der Waals surface area contributed by atoms with E-state index in [1.54, 1.807) is 13.4 Å². The molecule has 2 rings (SSSR count). The molecule has 0 unspecified atom stereocenters. The first kappa shape index (κ1) is 10.7. The van der Waals surface area contributed by atoms with E-state index in [9.17, 15) is 0 Å². The Morgan fingerprint density at radius 2 is 2.25 bits per heavy atom. The van der Waals surface area contributed by atoms with Gasteiger partial charge in [-0.15, -0.1) is 0 Å². The Kier molecular flexibility index (Phi) is 2.95. The molecule has 0 bridgehead atoms. The molecule has 0 amide bonds. The summed E-state index contributed by atoms with van der Waals surface area (Å²) in [5.41, 5.74) is 3.05. The number of hydrogen-bond donors (Lipinski definition) is 0. The molecule has 16 heavy (non-hydrogen) atoms. The molecule has 0 aliphatic rings. The van der Waals surface area contributed by atoms with Crippen LogP contribution in [-0.4, -0.2) is 12.1 Å². The Labute approximate surface area is 95.1 Å². The molecule has 0 radical (unpaired) electrons. The average molecular weight is 217 g/mol. The van der Waals surface area contributed by atoms with Crippen LogP contribution >= 0.6 is 0 Å². The van der Waals surface area contributed by atoms with Crippen molar-refractivity contribution in [3.8, 4) is 17.2 Å². The van der Waals surface area contributed by atoms with Crippen molar-refractivity contribution in [3.05, 3.63) is 35.7 Å². The first-order valence-corrected chi connectivity index (χ1v) is 5.34. The van der Waals surface area contributed by atoms with Gasteiger partial charge in [0.1, 0.15) is 5.76 Å². The molecule has 2 heterocycles. The van der Waals surface area contributed by atoms with Crippen molar-refractivity contribution in [2.45, 2.75) is 20.3 Å². The van der Waals surface area contributed by atoms with E-state index >= 15 is 0 Å². The molecule has 2 aromatic heterocycles. The molecule has 3 nitrogen and oxygen atoms in total. The summed E-state index contributed by atoms with van der Waals surface area (Å²) < 4.78 is 10.6. The van der Waals surface area contributed by atoms with Gasteiger partial charge < -0.3 is 9.15 Å². The Balaban J connectivity index is 2.55. The largest absolute Gasteiger partial charge is 0.481 e. The Morgan fingerprint density at radius 1 is 1.44 bits per heavy atom. The molecule has 0 atom stereocenters. The molecule has 3 heteroatoms.